The number of allylic oxidation sites excluding steroid dienone is 3. The maximum Gasteiger partial charge on any atom is 0.274 e. The van der Waals surface area contributed by atoms with Gasteiger partial charge in [-0.15, -0.1) is 0 Å². The Morgan fingerprint density at radius 1 is 0.895 bits per heavy atom. The normalized spacial score (nSPS) is 22.3. The van der Waals surface area contributed by atoms with Gasteiger partial charge in [0.25, 0.3) is 9.04 Å². The molecule has 3 aromatic rings. The van der Waals surface area contributed by atoms with Crippen LogP contribution in [0.1, 0.15) is 68.2 Å². The first-order valence-electron chi connectivity index (χ1n) is 14.0. The van der Waals surface area contributed by atoms with E-state index in [9.17, 15) is 0 Å². The largest absolute Gasteiger partial charge is 0.542 e. The number of hydrogen-bond acceptors (Lipinski definition) is 2. The third-order valence-corrected chi connectivity index (χ3v) is 8.62. The number of fused-ring (bicyclic) bond motifs is 2. The van der Waals surface area contributed by atoms with E-state index in [2.05, 4.69) is 125 Å². The molecule has 38 heavy (non-hydrogen) atoms. The van der Waals surface area contributed by atoms with Crippen LogP contribution in [0.15, 0.2) is 96.8 Å². The van der Waals surface area contributed by atoms with Gasteiger partial charge in [0.1, 0.15) is 12.4 Å². The summed E-state index contributed by atoms with van der Waals surface area (Å²) in [5.41, 5.74) is 8.16. The van der Waals surface area contributed by atoms with E-state index in [-0.39, 0.29) is 5.41 Å². The Balaban J connectivity index is 1.42. The zero-order valence-corrected chi connectivity index (χ0v) is 24.5. The minimum Gasteiger partial charge on any atom is -0.542 e. The highest BCUT2D eigenvalue weighted by Gasteiger charge is 2.38. The van der Waals surface area contributed by atoms with Crippen LogP contribution in [-0.2, 0) is 16.8 Å². The molecule has 1 radical (unpaired) electrons. The van der Waals surface area contributed by atoms with Crippen molar-refractivity contribution in [3.05, 3.63) is 119 Å². The van der Waals surface area contributed by atoms with Crippen LogP contribution in [0.2, 0.25) is 13.1 Å². The molecule has 3 aromatic carbocycles. The highest BCUT2D eigenvalue weighted by Crippen LogP contribution is 2.51. The minimum atomic E-state index is -0.889. The monoisotopic (exact) mass is 521 g/mol. The average molecular weight is 522 g/mol. The SMILES string of the molecule is C[Si](C)Oc1c(COC=C2CCC3CC2C(c2ccccc2)C=C3c2ccccc2)cccc1C(C)(C)C. The van der Waals surface area contributed by atoms with Crippen molar-refractivity contribution in [2.75, 3.05) is 0 Å². The highest BCUT2D eigenvalue weighted by molar-refractivity contribution is 6.49. The minimum absolute atomic E-state index is 0.0211. The van der Waals surface area contributed by atoms with Crippen molar-refractivity contribution in [1.29, 1.82) is 0 Å². The van der Waals surface area contributed by atoms with E-state index in [1.807, 2.05) is 0 Å². The van der Waals surface area contributed by atoms with E-state index in [1.165, 1.54) is 40.7 Å². The average Bonchev–Trinajstić information content (AvgIpc) is 2.91. The van der Waals surface area contributed by atoms with Gasteiger partial charge in [-0.2, -0.15) is 0 Å². The van der Waals surface area contributed by atoms with Gasteiger partial charge in [0.2, 0.25) is 0 Å². The van der Waals surface area contributed by atoms with Crippen LogP contribution in [0.25, 0.3) is 5.57 Å². The zero-order valence-electron chi connectivity index (χ0n) is 23.5. The number of benzene rings is 3. The lowest BCUT2D eigenvalue weighted by Gasteiger charge is -2.41. The Morgan fingerprint density at radius 3 is 2.29 bits per heavy atom. The predicted octanol–water partition coefficient (Wildman–Crippen LogP) is 9.31. The lowest BCUT2D eigenvalue weighted by Crippen LogP contribution is -2.28. The Labute approximate surface area is 231 Å². The Hall–Kier alpha value is -3.04. The van der Waals surface area contributed by atoms with E-state index in [4.69, 9.17) is 9.16 Å². The van der Waals surface area contributed by atoms with Crippen LogP contribution in [0.5, 0.6) is 5.75 Å². The highest BCUT2D eigenvalue weighted by atomic mass is 28.3. The van der Waals surface area contributed by atoms with Gasteiger partial charge >= 0.3 is 0 Å². The number of para-hydroxylation sites is 1. The lowest BCUT2D eigenvalue weighted by atomic mass is 9.63. The second-order valence-electron chi connectivity index (χ2n) is 12.1. The fraction of sp³-hybridized carbons (Fsp3) is 0.371. The maximum absolute atomic E-state index is 6.43. The first kappa shape index (κ1) is 26.6. The molecule has 2 aliphatic rings. The van der Waals surface area contributed by atoms with Crippen molar-refractivity contribution in [2.45, 2.75) is 71.1 Å². The molecule has 3 unspecified atom stereocenters. The van der Waals surface area contributed by atoms with E-state index >= 15 is 0 Å². The molecule has 2 bridgehead atoms. The van der Waals surface area contributed by atoms with Crippen LogP contribution < -0.4 is 4.43 Å². The molecule has 0 aromatic heterocycles. The van der Waals surface area contributed by atoms with Crippen LogP contribution in [0.4, 0.5) is 0 Å². The van der Waals surface area contributed by atoms with Gasteiger partial charge in [-0.3, -0.25) is 0 Å². The third kappa shape index (κ3) is 5.83. The van der Waals surface area contributed by atoms with Crippen molar-refractivity contribution in [3.63, 3.8) is 0 Å². The molecule has 1 fully saturated rings. The van der Waals surface area contributed by atoms with E-state index in [0.29, 0.717) is 24.4 Å². The first-order chi connectivity index (χ1) is 18.3. The van der Waals surface area contributed by atoms with Crippen LogP contribution in [0, 0.1) is 11.8 Å². The lowest BCUT2D eigenvalue weighted by molar-refractivity contribution is 0.219. The quantitative estimate of drug-likeness (QED) is 0.228. The molecule has 0 spiro atoms. The maximum atomic E-state index is 6.43. The molecule has 0 amide bonds. The van der Waals surface area contributed by atoms with E-state index in [1.54, 1.807) is 0 Å². The fourth-order valence-electron chi connectivity index (χ4n) is 6.17. The first-order valence-corrected chi connectivity index (χ1v) is 16.4. The fourth-order valence-corrected chi connectivity index (χ4v) is 6.82. The second-order valence-corrected chi connectivity index (χ2v) is 14.1. The Bertz CT molecular complexity index is 1280. The molecule has 197 valence electrons. The van der Waals surface area contributed by atoms with Gasteiger partial charge in [0.15, 0.2) is 0 Å². The van der Waals surface area contributed by atoms with Gasteiger partial charge in [-0.25, -0.2) is 0 Å². The summed E-state index contributed by atoms with van der Waals surface area (Å²) in [6.07, 6.45) is 8.10. The summed E-state index contributed by atoms with van der Waals surface area (Å²) < 4.78 is 12.8. The summed E-state index contributed by atoms with van der Waals surface area (Å²) in [4.78, 5) is 0. The standard InChI is InChI=1S/C35H41O2Si/c1-35(2,3)33-18-12-17-29(34(33)37-38(4)5)24-36-23-28-20-19-27-21-31(28)32(26-15-10-7-11-16-26)22-30(27)25-13-8-6-9-14-25/h6-18,22-23,27,31-32H,19-21,24H2,1-5H3. The molecular weight excluding hydrogens is 480 g/mol. The van der Waals surface area contributed by atoms with Gasteiger partial charge < -0.3 is 9.16 Å². The molecule has 0 saturated heterocycles. The summed E-state index contributed by atoms with van der Waals surface area (Å²) in [6, 6.07) is 28.5. The van der Waals surface area contributed by atoms with E-state index in [0.717, 1.165) is 17.7 Å². The van der Waals surface area contributed by atoms with Gasteiger partial charge in [-0.1, -0.05) is 106 Å². The van der Waals surface area contributed by atoms with Crippen molar-refractivity contribution in [1.82, 2.24) is 0 Å². The summed E-state index contributed by atoms with van der Waals surface area (Å²) in [5, 5.41) is 0. The molecule has 3 heteroatoms. The summed E-state index contributed by atoms with van der Waals surface area (Å²) >= 11 is 0. The van der Waals surface area contributed by atoms with E-state index < -0.39 is 9.04 Å². The van der Waals surface area contributed by atoms with Crippen molar-refractivity contribution in [2.24, 2.45) is 11.8 Å². The summed E-state index contributed by atoms with van der Waals surface area (Å²) in [5.74, 6) is 2.47. The number of rotatable bonds is 7. The molecule has 0 heterocycles. The Morgan fingerprint density at radius 2 is 1.61 bits per heavy atom. The molecular formula is C35H41O2Si. The smallest absolute Gasteiger partial charge is 0.274 e. The zero-order chi connectivity index (χ0) is 26.7. The van der Waals surface area contributed by atoms with Gasteiger partial charge in [-0.05, 0) is 77.4 Å². The van der Waals surface area contributed by atoms with Crippen LogP contribution in [0.3, 0.4) is 0 Å². The van der Waals surface area contributed by atoms with Crippen LogP contribution in [-0.4, -0.2) is 9.04 Å². The molecule has 1 saturated carbocycles. The summed E-state index contributed by atoms with van der Waals surface area (Å²) in [6.45, 7) is 11.7. The second kappa shape index (κ2) is 11.4. The molecule has 0 N–H and O–H groups in total. The Kier molecular flexibility index (Phi) is 7.95. The van der Waals surface area contributed by atoms with Crippen molar-refractivity contribution >= 4 is 14.6 Å². The molecule has 3 atom stereocenters. The van der Waals surface area contributed by atoms with Gasteiger partial charge in [0, 0.05) is 11.5 Å². The van der Waals surface area contributed by atoms with Gasteiger partial charge in [0.05, 0.1) is 6.26 Å². The molecule has 0 aliphatic heterocycles. The molecule has 2 nitrogen and oxygen atoms in total. The molecule has 5 rings (SSSR count). The topological polar surface area (TPSA) is 18.5 Å². The van der Waals surface area contributed by atoms with Crippen molar-refractivity contribution in [3.8, 4) is 5.75 Å². The number of hydrogen-bond donors (Lipinski definition) is 0. The van der Waals surface area contributed by atoms with Crippen LogP contribution >= 0.6 is 0 Å². The summed E-state index contributed by atoms with van der Waals surface area (Å²) in [7, 11) is -0.889. The third-order valence-electron chi connectivity index (χ3n) is 8.00. The molecule has 2 aliphatic carbocycles. The number of ether oxygens (including phenoxy) is 1. The predicted molar refractivity (Wildman–Crippen MR) is 161 cm³/mol. The van der Waals surface area contributed by atoms with Crippen molar-refractivity contribution < 1.29 is 9.16 Å².